The molecule has 0 unspecified atom stereocenters. The lowest BCUT2D eigenvalue weighted by Crippen LogP contribution is -2.50. The molecule has 0 aromatic heterocycles. The number of methoxy groups -OCH3 is 1. The van der Waals surface area contributed by atoms with Gasteiger partial charge < -0.3 is 14.5 Å². The highest BCUT2D eigenvalue weighted by Crippen LogP contribution is 2.20. The van der Waals surface area contributed by atoms with Gasteiger partial charge in [0.1, 0.15) is 5.75 Å². The van der Waals surface area contributed by atoms with E-state index in [9.17, 15) is 9.59 Å². The Morgan fingerprint density at radius 2 is 1.63 bits per heavy atom. The van der Waals surface area contributed by atoms with Crippen LogP contribution in [0.4, 0.5) is 0 Å². The third-order valence-electron chi connectivity index (χ3n) is 5.04. The number of benzene rings is 2. The number of amides is 2. The molecule has 142 valence electrons. The summed E-state index contributed by atoms with van der Waals surface area (Å²) in [6, 6.07) is 15.6. The van der Waals surface area contributed by atoms with Crippen molar-refractivity contribution >= 4 is 11.8 Å². The molecule has 2 amide bonds. The third-order valence-corrected chi connectivity index (χ3v) is 5.04. The largest absolute Gasteiger partial charge is 0.496 e. The summed E-state index contributed by atoms with van der Waals surface area (Å²) in [5.41, 5.74) is 2.80. The van der Waals surface area contributed by atoms with Crippen LogP contribution in [0.5, 0.6) is 5.75 Å². The molecule has 3 rings (SSSR count). The smallest absolute Gasteiger partial charge is 0.254 e. The molecule has 2 aromatic carbocycles. The highest BCUT2D eigenvalue weighted by atomic mass is 16.5. The van der Waals surface area contributed by atoms with Crippen LogP contribution in [0.2, 0.25) is 0 Å². The van der Waals surface area contributed by atoms with Crippen LogP contribution in [-0.4, -0.2) is 54.9 Å². The van der Waals surface area contributed by atoms with Crippen LogP contribution in [0.25, 0.3) is 0 Å². The quantitative estimate of drug-likeness (QED) is 0.818. The van der Waals surface area contributed by atoms with Crippen molar-refractivity contribution in [2.24, 2.45) is 0 Å². The Hall–Kier alpha value is -2.82. The predicted octanol–water partition coefficient (Wildman–Crippen LogP) is 2.92. The molecule has 0 spiro atoms. The zero-order valence-electron chi connectivity index (χ0n) is 16.0. The van der Waals surface area contributed by atoms with E-state index in [1.54, 1.807) is 13.2 Å². The van der Waals surface area contributed by atoms with Gasteiger partial charge in [-0.15, -0.1) is 0 Å². The first-order valence-corrected chi connectivity index (χ1v) is 9.34. The van der Waals surface area contributed by atoms with Crippen LogP contribution >= 0.6 is 0 Å². The minimum atomic E-state index is -0.00955. The lowest BCUT2D eigenvalue weighted by atomic mass is 10.1. The van der Waals surface area contributed by atoms with Gasteiger partial charge in [0.2, 0.25) is 5.91 Å². The molecule has 1 aliphatic heterocycles. The SMILES string of the molecule is COc1cc(C(=O)N2CCN(C(=O)CCc3ccccc3)CC2)ccc1C. The number of carbonyl (C=O) groups is 2. The summed E-state index contributed by atoms with van der Waals surface area (Å²) < 4.78 is 5.31. The second-order valence-electron chi connectivity index (χ2n) is 6.84. The Labute approximate surface area is 160 Å². The summed E-state index contributed by atoms with van der Waals surface area (Å²) in [7, 11) is 1.61. The maximum atomic E-state index is 12.7. The fourth-order valence-corrected chi connectivity index (χ4v) is 3.35. The molecule has 0 bridgehead atoms. The van der Waals surface area contributed by atoms with Crippen molar-refractivity contribution in [3.05, 3.63) is 65.2 Å². The molecule has 1 aliphatic rings. The molecular weight excluding hydrogens is 340 g/mol. The summed E-state index contributed by atoms with van der Waals surface area (Å²) in [4.78, 5) is 28.9. The molecule has 1 saturated heterocycles. The van der Waals surface area contributed by atoms with E-state index in [1.807, 2.05) is 59.2 Å². The van der Waals surface area contributed by atoms with E-state index in [2.05, 4.69) is 0 Å². The van der Waals surface area contributed by atoms with Crippen LogP contribution < -0.4 is 4.74 Å². The Morgan fingerprint density at radius 3 is 2.30 bits per heavy atom. The van der Waals surface area contributed by atoms with Crippen molar-refractivity contribution < 1.29 is 14.3 Å². The molecule has 0 aliphatic carbocycles. The van der Waals surface area contributed by atoms with Crippen molar-refractivity contribution in [3.63, 3.8) is 0 Å². The van der Waals surface area contributed by atoms with E-state index < -0.39 is 0 Å². The van der Waals surface area contributed by atoms with Crippen molar-refractivity contribution in [2.75, 3.05) is 33.3 Å². The summed E-state index contributed by atoms with van der Waals surface area (Å²) in [5.74, 6) is 0.864. The standard InChI is InChI=1S/C22H26N2O3/c1-17-8-10-19(16-20(17)27-2)22(26)24-14-12-23(13-15-24)21(25)11-9-18-6-4-3-5-7-18/h3-8,10,16H,9,11-15H2,1-2H3. The fraction of sp³-hybridized carbons (Fsp3) is 0.364. The van der Waals surface area contributed by atoms with E-state index in [0.717, 1.165) is 17.7 Å². The van der Waals surface area contributed by atoms with E-state index in [4.69, 9.17) is 4.74 Å². The number of ether oxygens (including phenoxy) is 1. The van der Waals surface area contributed by atoms with Gasteiger partial charge in [-0.1, -0.05) is 36.4 Å². The van der Waals surface area contributed by atoms with E-state index in [-0.39, 0.29) is 11.8 Å². The molecule has 0 N–H and O–H groups in total. The minimum absolute atomic E-state index is 0.00955. The number of piperazine rings is 1. The second kappa shape index (κ2) is 8.71. The summed E-state index contributed by atoms with van der Waals surface area (Å²) in [6.45, 7) is 4.25. The molecule has 0 saturated carbocycles. The van der Waals surface area contributed by atoms with E-state index >= 15 is 0 Å². The molecule has 5 heteroatoms. The number of carbonyl (C=O) groups excluding carboxylic acids is 2. The van der Waals surface area contributed by atoms with Crippen LogP contribution in [-0.2, 0) is 11.2 Å². The van der Waals surface area contributed by atoms with Gasteiger partial charge in [-0.25, -0.2) is 0 Å². The maximum Gasteiger partial charge on any atom is 0.254 e. The third kappa shape index (κ3) is 4.67. The molecule has 0 atom stereocenters. The van der Waals surface area contributed by atoms with Gasteiger partial charge >= 0.3 is 0 Å². The Morgan fingerprint density at radius 1 is 0.963 bits per heavy atom. The van der Waals surface area contributed by atoms with E-state index in [1.165, 1.54) is 5.56 Å². The second-order valence-corrected chi connectivity index (χ2v) is 6.84. The lowest BCUT2D eigenvalue weighted by molar-refractivity contribution is -0.132. The van der Waals surface area contributed by atoms with Crippen LogP contribution in [0, 0.1) is 6.92 Å². The fourth-order valence-electron chi connectivity index (χ4n) is 3.35. The van der Waals surface area contributed by atoms with Crippen molar-refractivity contribution in [2.45, 2.75) is 19.8 Å². The number of rotatable bonds is 5. The summed E-state index contributed by atoms with van der Waals surface area (Å²) in [6.07, 6.45) is 1.26. The number of hydrogen-bond acceptors (Lipinski definition) is 3. The van der Waals surface area contributed by atoms with Gasteiger partial charge in [0.05, 0.1) is 7.11 Å². The monoisotopic (exact) mass is 366 g/mol. The Bertz CT molecular complexity index is 796. The topological polar surface area (TPSA) is 49.9 Å². The predicted molar refractivity (Wildman–Crippen MR) is 105 cm³/mol. The van der Waals surface area contributed by atoms with Crippen molar-refractivity contribution in [1.29, 1.82) is 0 Å². The molecular formula is C22H26N2O3. The van der Waals surface area contributed by atoms with Gasteiger partial charge in [-0.05, 0) is 36.6 Å². The number of hydrogen-bond donors (Lipinski definition) is 0. The molecule has 0 radical (unpaired) electrons. The van der Waals surface area contributed by atoms with Crippen LogP contribution in [0.1, 0.15) is 27.9 Å². The first-order valence-electron chi connectivity index (χ1n) is 9.34. The molecule has 5 nitrogen and oxygen atoms in total. The minimum Gasteiger partial charge on any atom is -0.496 e. The normalized spacial score (nSPS) is 14.1. The summed E-state index contributed by atoms with van der Waals surface area (Å²) >= 11 is 0. The van der Waals surface area contributed by atoms with Gasteiger partial charge in [0.25, 0.3) is 5.91 Å². The lowest BCUT2D eigenvalue weighted by Gasteiger charge is -2.35. The van der Waals surface area contributed by atoms with Gasteiger partial charge in [-0.3, -0.25) is 9.59 Å². The highest BCUT2D eigenvalue weighted by Gasteiger charge is 2.25. The van der Waals surface area contributed by atoms with Crippen molar-refractivity contribution in [3.8, 4) is 5.75 Å². The number of aryl methyl sites for hydroxylation is 2. The molecule has 1 fully saturated rings. The first kappa shape index (κ1) is 19.0. The average Bonchev–Trinajstić information content (AvgIpc) is 2.72. The zero-order chi connectivity index (χ0) is 19.2. The van der Waals surface area contributed by atoms with Crippen LogP contribution in [0.3, 0.4) is 0 Å². The Kier molecular flexibility index (Phi) is 6.12. The zero-order valence-corrected chi connectivity index (χ0v) is 16.0. The molecule has 1 heterocycles. The van der Waals surface area contributed by atoms with Gasteiger partial charge in [-0.2, -0.15) is 0 Å². The van der Waals surface area contributed by atoms with Gasteiger partial charge in [0.15, 0.2) is 0 Å². The maximum absolute atomic E-state index is 12.7. The average molecular weight is 366 g/mol. The Balaban J connectivity index is 1.52. The summed E-state index contributed by atoms with van der Waals surface area (Å²) in [5, 5.41) is 0. The molecule has 27 heavy (non-hydrogen) atoms. The van der Waals surface area contributed by atoms with E-state index in [0.29, 0.717) is 38.2 Å². The molecule has 2 aromatic rings. The van der Waals surface area contributed by atoms with Gasteiger partial charge in [0, 0.05) is 38.2 Å². The van der Waals surface area contributed by atoms with Crippen LogP contribution in [0.15, 0.2) is 48.5 Å². The highest BCUT2D eigenvalue weighted by molar-refractivity contribution is 5.95. The first-order chi connectivity index (χ1) is 13.1. The number of nitrogens with zero attached hydrogens (tertiary/aromatic N) is 2. The van der Waals surface area contributed by atoms with Crippen molar-refractivity contribution in [1.82, 2.24) is 9.80 Å².